The van der Waals surface area contributed by atoms with Crippen LogP contribution in [-0.4, -0.2) is 17.0 Å². The van der Waals surface area contributed by atoms with E-state index in [1.165, 1.54) is 17.0 Å². The summed E-state index contributed by atoms with van der Waals surface area (Å²) < 4.78 is 19.2. The van der Waals surface area contributed by atoms with Gasteiger partial charge in [-0.2, -0.15) is 0 Å². The third-order valence-corrected chi connectivity index (χ3v) is 3.87. The van der Waals surface area contributed by atoms with E-state index in [2.05, 4.69) is 4.98 Å². The van der Waals surface area contributed by atoms with Gasteiger partial charge in [-0.05, 0) is 67.9 Å². The Morgan fingerprint density at radius 1 is 1.07 bits per heavy atom. The van der Waals surface area contributed by atoms with Crippen LogP contribution < -0.4 is 9.64 Å². The predicted molar refractivity (Wildman–Crippen MR) is 103 cm³/mol. The third-order valence-electron chi connectivity index (χ3n) is 3.87. The van der Waals surface area contributed by atoms with E-state index in [0.29, 0.717) is 22.7 Å². The first-order chi connectivity index (χ1) is 13.0. The summed E-state index contributed by atoms with van der Waals surface area (Å²) in [7, 11) is 0. The molecule has 2 aromatic carbocycles. The lowest BCUT2D eigenvalue weighted by molar-refractivity contribution is 0.0984. The number of anilines is 1. The number of carbonyl (C=O) groups excluding carboxylic acids is 1. The van der Waals surface area contributed by atoms with Gasteiger partial charge in [0.2, 0.25) is 0 Å². The average molecular weight is 364 g/mol. The van der Waals surface area contributed by atoms with Crippen molar-refractivity contribution in [2.45, 2.75) is 26.5 Å². The van der Waals surface area contributed by atoms with Gasteiger partial charge in [-0.3, -0.25) is 9.69 Å². The van der Waals surface area contributed by atoms with Crippen LogP contribution in [0, 0.1) is 5.82 Å². The number of carbonyl (C=O) groups is 1. The Morgan fingerprint density at radius 2 is 1.85 bits per heavy atom. The summed E-state index contributed by atoms with van der Waals surface area (Å²) in [5, 5.41) is 0. The molecule has 0 fully saturated rings. The molecule has 3 aromatic rings. The number of hydrogen-bond acceptors (Lipinski definition) is 3. The lowest BCUT2D eigenvalue weighted by atomic mass is 10.1. The van der Waals surface area contributed by atoms with E-state index in [1.54, 1.807) is 54.7 Å². The second kappa shape index (κ2) is 8.45. The van der Waals surface area contributed by atoms with Gasteiger partial charge in [-0.15, -0.1) is 0 Å². The molecule has 0 aliphatic carbocycles. The highest BCUT2D eigenvalue weighted by Gasteiger charge is 2.19. The van der Waals surface area contributed by atoms with E-state index in [-0.39, 0.29) is 24.4 Å². The van der Waals surface area contributed by atoms with Gasteiger partial charge in [0.1, 0.15) is 17.4 Å². The van der Waals surface area contributed by atoms with E-state index in [1.807, 2.05) is 19.9 Å². The summed E-state index contributed by atoms with van der Waals surface area (Å²) in [4.78, 5) is 18.9. The number of ether oxygens (including phenoxy) is 1. The molecule has 0 saturated heterocycles. The Kier molecular flexibility index (Phi) is 5.81. The number of aromatic nitrogens is 1. The largest absolute Gasteiger partial charge is 0.491 e. The van der Waals surface area contributed by atoms with E-state index in [0.717, 1.165) is 0 Å². The highest BCUT2D eigenvalue weighted by Crippen LogP contribution is 2.20. The Bertz CT molecular complexity index is 896. The molecule has 1 aromatic heterocycles. The van der Waals surface area contributed by atoms with E-state index in [9.17, 15) is 9.18 Å². The molecule has 138 valence electrons. The summed E-state index contributed by atoms with van der Waals surface area (Å²) in [6.07, 6.45) is 1.69. The molecular weight excluding hydrogens is 343 g/mol. The molecule has 0 aliphatic rings. The van der Waals surface area contributed by atoms with Crippen LogP contribution in [0.2, 0.25) is 0 Å². The molecule has 0 saturated carbocycles. The molecule has 3 rings (SSSR count). The normalized spacial score (nSPS) is 10.7. The Labute approximate surface area is 158 Å². The van der Waals surface area contributed by atoms with Gasteiger partial charge in [0, 0.05) is 11.8 Å². The highest BCUT2D eigenvalue weighted by atomic mass is 19.1. The van der Waals surface area contributed by atoms with Crippen molar-refractivity contribution in [2.24, 2.45) is 0 Å². The van der Waals surface area contributed by atoms with Gasteiger partial charge in [-0.25, -0.2) is 9.37 Å². The zero-order chi connectivity index (χ0) is 19.2. The fourth-order valence-electron chi connectivity index (χ4n) is 2.69. The quantitative estimate of drug-likeness (QED) is 0.628. The molecule has 1 heterocycles. The molecule has 4 nitrogen and oxygen atoms in total. The molecule has 0 bridgehead atoms. The number of benzene rings is 2. The van der Waals surface area contributed by atoms with Gasteiger partial charge in [0.25, 0.3) is 5.91 Å². The Hall–Kier alpha value is -3.21. The Balaban J connectivity index is 1.89. The van der Waals surface area contributed by atoms with Crippen LogP contribution in [0.15, 0.2) is 72.9 Å². The topological polar surface area (TPSA) is 42.4 Å². The van der Waals surface area contributed by atoms with Crippen LogP contribution in [-0.2, 0) is 6.54 Å². The summed E-state index contributed by atoms with van der Waals surface area (Å²) in [6, 6.07) is 18.6. The first kappa shape index (κ1) is 18.6. The zero-order valence-electron chi connectivity index (χ0n) is 15.3. The summed E-state index contributed by atoms with van der Waals surface area (Å²) in [5.41, 5.74) is 1.20. The third kappa shape index (κ3) is 4.91. The van der Waals surface area contributed by atoms with E-state index in [4.69, 9.17) is 4.74 Å². The smallest absolute Gasteiger partial charge is 0.259 e. The fourth-order valence-corrected chi connectivity index (χ4v) is 2.69. The van der Waals surface area contributed by atoms with Crippen LogP contribution >= 0.6 is 0 Å². The maximum absolute atomic E-state index is 13.6. The maximum atomic E-state index is 13.6. The first-order valence-electron chi connectivity index (χ1n) is 8.77. The lowest BCUT2D eigenvalue weighted by Crippen LogP contribution is -2.31. The second-order valence-electron chi connectivity index (χ2n) is 6.40. The Morgan fingerprint density at radius 3 is 2.48 bits per heavy atom. The monoisotopic (exact) mass is 364 g/mol. The summed E-state index contributed by atoms with van der Waals surface area (Å²) in [5.74, 6) is 0.662. The maximum Gasteiger partial charge on any atom is 0.259 e. The SMILES string of the molecule is CC(C)Oc1ccc(C(=O)N(Cc2cccc(F)c2)c2ccccn2)cc1. The molecule has 5 heteroatoms. The molecule has 0 atom stereocenters. The number of nitrogens with zero attached hydrogens (tertiary/aromatic N) is 2. The van der Waals surface area contributed by atoms with Gasteiger partial charge < -0.3 is 4.74 Å². The van der Waals surface area contributed by atoms with Crippen LogP contribution in [0.4, 0.5) is 10.2 Å². The number of halogens is 1. The van der Waals surface area contributed by atoms with Gasteiger partial charge in [0.15, 0.2) is 0 Å². The summed E-state index contributed by atoms with van der Waals surface area (Å²) in [6.45, 7) is 4.11. The lowest BCUT2D eigenvalue weighted by Gasteiger charge is -2.22. The minimum absolute atomic E-state index is 0.0598. The van der Waals surface area contributed by atoms with Crippen molar-refractivity contribution >= 4 is 11.7 Å². The van der Waals surface area contributed by atoms with Crippen LogP contribution in [0.25, 0.3) is 0 Å². The van der Waals surface area contributed by atoms with Gasteiger partial charge in [0.05, 0.1) is 12.6 Å². The van der Waals surface area contributed by atoms with Crippen molar-refractivity contribution in [2.75, 3.05) is 4.90 Å². The standard InChI is InChI=1S/C22H21FN2O2/c1-16(2)27-20-11-9-18(10-12-20)22(26)25(21-8-3-4-13-24-21)15-17-6-5-7-19(23)14-17/h3-14,16H,15H2,1-2H3. The van der Waals surface area contributed by atoms with Crippen molar-refractivity contribution in [3.8, 4) is 5.75 Å². The van der Waals surface area contributed by atoms with Crippen molar-refractivity contribution in [1.29, 1.82) is 0 Å². The number of hydrogen-bond donors (Lipinski definition) is 0. The molecule has 0 spiro atoms. The zero-order valence-corrected chi connectivity index (χ0v) is 15.3. The van der Waals surface area contributed by atoms with Crippen LogP contribution in [0.1, 0.15) is 29.8 Å². The average Bonchev–Trinajstić information content (AvgIpc) is 2.66. The molecule has 0 N–H and O–H groups in total. The minimum Gasteiger partial charge on any atom is -0.491 e. The molecule has 0 radical (unpaired) electrons. The predicted octanol–water partition coefficient (Wildman–Crippen LogP) is 4.85. The van der Waals surface area contributed by atoms with Crippen molar-refractivity contribution < 1.29 is 13.9 Å². The van der Waals surface area contributed by atoms with Gasteiger partial charge >= 0.3 is 0 Å². The van der Waals surface area contributed by atoms with E-state index < -0.39 is 0 Å². The van der Waals surface area contributed by atoms with Crippen LogP contribution in [0.5, 0.6) is 5.75 Å². The molecule has 0 unspecified atom stereocenters. The second-order valence-corrected chi connectivity index (χ2v) is 6.40. The number of amides is 1. The molecular formula is C22H21FN2O2. The van der Waals surface area contributed by atoms with Crippen molar-refractivity contribution in [1.82, 2.24) is 4.98 Å². The molecule has 27 heavy (non-hydrogen) atoms. The van der Waals surface area contributed by atoms with Crippen molar-refractivity contribution in [3.05, 3.63) is 89.9 Å². The molecule has 0 aliphatic heterocycles. The van der Waals surface area contributed by atoms with E-state index >= 15 is 0 Å². The first-order valence-corrected chi connectivity index (χ1v) is 8.77. The fraction of sp³-hybridized carbons (Fsp3) is 0.182. The molecule has 1 amide bonds. The minimum atomic E-state index is -0.337. The number of rotatable bonds is 6. The van der Waals surface area contributed by atoms with Crippen LogP contribution in [0.3, 0.4) is 0 Å². The van der Waals surface area contributed by atoms with Gasteiger partial charge in [-0.1, -0.05) is 18.2 Å². The highest BCUT2D eigenvalue weighted by molar-refractivity contribution is 6.05. The van der Waals surface area contributed by atoms with Crippen molar-refractivity contribution in [3.63, 3.8) is 0 Å². The summed E-state index contributed by atoms with van der Waals surface area (Å²) >= 11 is 0. The number of pyridine rings is 1.